The lowest BCUT2D eigenvalue weighted by Crippen LogP contribution is -1.89. The van der Waals surface area contributed by atoms with E-state index in [0.717, 1.165) is 18.4 Å². The van der Waals surface area contributed by atoms with E-state index in [1.807, 2.05) is 0 Å². The molecule has 1 aliphatic rings. The highest BCUT2D eigenvalue weighted by molar-refractivity contribution is 6.31. The summed E-state index contributed by atoms with van der Waals surface area (Å²) in [6, 6.07) is 5.23. The molecule has 0 spiro atoms. The summed E-state index contributed by atoms with van der Waals surface area (Å²) >= 11 is 5.82. The maximum Gasteiger partial charge on any atom is 0.249 e. The Morgan fingerprint density at radius 2 is 2.12 bits per heavy atom. The summed E-state index contributed by atoms with van der Waals surface area (Å²) in [6.45, 7) is 0. The first kappa shape index (κ1) is 9.66. The summed E-state index contributed by atoms with van der Waals surface area (Å²) < 4.78 is 5.57. The number of aromatic nitrogens is 2. The van der Waals surface area contributed by atoms with Crippen LogP contribution < -0.4 is 5.73 Å². The van der Waals surface area contributed by atoms with E-state index in [9.17, 15) is 0 Å². The van der Waals surface area contributed by atoms with Gasteiger partial charge in [0.05, 0.1) is 5.56 Å². The second-order valence-corrected chi connectivity index (χ2v) is 4.39. The monoisotopic (exact) mass is 235 g/mol. The fourth-order valence-electron chi connectivity index (χ4n) is 1.57. The van der Waals surface area contributed by atoms with Gasteiger partial charge >= 0.3 is 0 Å². The molecule has 1 fully saturated rings. The predicted molar refractivity (Wildman–Crippen MR) is 61.1 cm³/mol. The van der Waals surface area contributed by atoms with E-state index >= 15 is 0 Å². The lowest BCUT2D eigenvalue weighted by Gasteiger charge is -2.00. The van der Waals surface area contributed by atoms with Gasteiger partial charge < -0.3 is 10.2 Å². The zero-order valence-corrected chi connectivity index (χ0v) is 9.24. The van der Waals surface area contributed by atoms with Crippen LogP contribution in [0.4, 0.5) is 5.69 Å². The van der Waals surface area contributed by atoms with Gasteiger partial charge in [-0.15, -0.1) is 10.2 Å². The summed E-state index contributed by atoms with van der Waals surface area (Å²) in [5.74, 6) is 1.63. The van der Waals surface area contributed by atoms with Crippen LogP contribution in [0, 0.1) is 0 Å². The molecule has 2 aromatic rings. The highest BCUT2D eigenvalue weighted by Crippen LogP contribution is 2.40. The molecule has 1 aromatic heterocycles. The molecule has 0 radical (unpaired) electrons. The van der Waals surface area contributed by atoms with Crippen LogP contribution in [-0.2, 0) is 0 Å². The number of rotatable bonds is 2. The van der Waals surface area contributed by atoms with Gasteiger partial charge in [0.25, 0.3) is 0 Å². The average molecular weight is 236 g/mol. The minimum Gasteiger partial charge on any atom is -0.420 e. The first-order valence-electron chi connectivity index (χ1n) is 5.13. The fraction of sp³-hybridized carbons (Fsp3) is 0.273. The zero-order valence-electron chi connectivity index (χ0n) is 8.48. The number of hydrogen-bond acceptors (Lipinski definition) is 4. The largest absolute Gasteiger partial charge is 0.420 e. The van der Waals surface area contributed by atoms with Crippen molar-refractivity contribution in [2.75, 3.05) is 5.73 Å². The van der Waals surface area contributed by atoms with Crippen LogP contribution in [0.15, 0.2) is 22.6 Å². The molecule has 0 unspecified atom stereocenters. The third kappa shape index (κ3) is 1.65. The minimum atomic E-state index is 0.453. The molecule has 1 aliphatic carbocycles. The molecule has 0 saturated heterocycles. The van der Waals surface area contributed by atoms with Crippen LogP contribution in [0.3, 0.4) is 0 Å². The lowest BCUT2D eigenvalue weighted by atomic mass is 10.2. The number of halogens is 1. The van der Waals surface area contributed by atoms with Crippen molar-refractivity contribution in [1.29, 1.82) is 0 Å². The van der Waals surface area contributed by atoms with Crippen molar-refractivity contribution in [3.8, 4) is 11.5 Å². The van der Waals surface area contributed by atoms with Gasteiger partial charge in [0.1, 0.15) is 0 Å². The molecule has 82 valence electrons. The molecular formula is C11H10ClN3O. The predicted octanol–water partition coefficient (Wildman–Crippen LogP) is 2.85. The molecular weight excluding hydrogens is 226 g/mol. The molecule has 2 N–H and O–H groups in total. The summed E-state index contributed by atoms with van der Waals surface area (Å²) in [5, 5.41) is 8.61. The Bertz CT molecular complexity index is 534. The fourth-order valence-corrected chi connectivity index (χ4v) is 1.75. The minimum absolute atomic E-state index is 0.453. The highest BCUT2D eigenvalue weighted by atomic mass is 35.5. The molecule has 1 saturated carbocycles. The molecule has 0 atom stereocenters. The molecule has 16 heavy (non-hydrogen) atoms. The standard InChI is InChI=1S/C11H10ClN3O/c12-7-3-4-8(9(13)5-7)11-15-14-10(16-11)6-1-2-6/h3-6H,1-2,13H2. The van der Waals surface area contributed by atoms with Crippen LogP contribution in [0.2, 0.25) is 5.02 Å². The van der Waals surface area contributed by atoms with Gasteiger partial charge in [-0.05, 0) is 31.0 Å². The average Bonchev–Trinajstić information content (AvgIpc) is 2.98. The third-order valence-corrected chi connectivity index (χ3v) is 2.85. The van der Waals surface area contributed by atoms with E-state index in [0.29, 0.717) is 28.4 Å². The summed E-state index contributed by atoms with van der Waals surface area (Å²) in [5.41, 5.74) is 7.14. The van der Waals surface area contributed by atoms with E-state index in [4.69, 9.17) is 21.8 Å². The summed E-state index contributed by atoms with van der Waals surface area (Å²) in [4.78, 5) is 0. The number of nitrogen functional groups attached to an aromatic ring is 1. The van der Waals surface area contributed by atoms with Crippen molar-refractivity contribution in [2.45, 2.75) is 18.8 Å². The van der Waals surface area contributed by atoms with Gasteiger partial charge in [-0.3, -0.25) is 0 Å². The maximum atomic E-state index is 5.84. The molecule has 3 rings (SSSR count). The second kappa shape index (κ2) is 3.49. The van der Waals surface area contributed by atoms with E-state index in [-0.39, 0.29) is 0 Å². The molecule has 4 nitrogen and oxygen atoms in total. The number of nitrogens with two attached hydrogens (primary N) is 1. The van der Waals surface area contributed by atoms with Gasteiger partial charge in [0.15, 0.2) is 0 Å². The summed E-state index contributed by atoms with van der Waals surface area (Å²) in [7, 11) is 0. The SMILES string of the molecule is Nc1cc(Cl)ccc1-c1nnc(C2CC2)o1. The summed E-state index contributed by atoms with van der Waals surface area (Å²) in [6.07, 6.45) is 2.27. The van der Waals surface area contributed by atoms with Crippen molar-refractivity contribution in [3.05, 3.63) is 29.1 Å². The number of anilines is 1. The highest BCUT2D eigenvalue weighted by Gasteiger charge is 2.29. The Kier molecular flexibility index (Phi) is 2.11. The Hall–Kier alpha value is -1.55. The molecule has 0 bridgehead atoms. The quantitative estimate of drug-likeness (QED) is 0.813. The van der Waals surface area contributed by atoms with Gasteiger partial charge in [-0.1, -0.05) is 11.6 Å². The zero-order chi connectivity index (χ0) is 11.1. The van der Waals surface area contributed by atoms with Gasteiger partial charge in [-0.25, -0.2) is 0 Å². The normalized spacial score (nSPS) is 15.3. The van der Waals surface area contributed by atoms with Crippen LogP contribution in [0.1, 0.15) is 24.7 Å². The number of nitrogens with zero attached hydrogens (tertiary/aromatic N) is 2. The van der Waals surface area contributed by atoms with Crippen molar-refractivity contribution in [1.82, 2.24) is 10.2 Å². The van der Waals surface area contributed by atoms with Crippen LogP contribution >= 0.6 is 11.6 Å². The van der Waals surface area contributed by atoms with Crippen LogP contribution in [0.25, 0.3) is 11.5 Å². The molecule has 5 heteroatoms. The van der Waals surface area contributed by atoms with Crippen LogP contribution in [0.5, 0.6) is 0 Å². The lowest BCUT2D eigenvalue weighted by molar-refractivity contribution is 0.508. The molecule has 1 aromatic carbocycles. The van der Waals surface area contributed by atoms with Crippen molar-refractivity contribution in [2.24, 2.45) is 0 Å². The maximum absolute atomic E-state index is 5.84. The number of benzene rings is 1. The second-order valence-electron chi connectivity index (χ2n) is 3.95. The Balaban J connectivity index is 2.00. The molecule has 0 aliphatic heterocycles. The van der Waals surface area contributed by atoms with Gasteiger partial charge in [0.2, 0.25) is 11.8 Å². The van der Waals surface area contributed by atoms with Crippen molar-refractivity contribution >= 4 is 17.3 Å². The van der Waals surface area contributed by atoms with E-state index in [2.05, 4.69) is 10.2 Å². The van der Waals surface area contributed by atoms with Crippen molar-refractivity contribution in [3.63, 3.8) is 0 Å². The van der Waals surface area contributed by atoms with Gasteiger partial charge in [0, 0.05) is 16.6 Å². The van der Waals surface area contributed by atoms with E-state index in [1.54, 1.807) is 18.2 Å². The van der Waals surface area contributed by atoms with Crippen LogP contribution in [-0.4, -0.2) is 10.2 Å². The Morgan fingerprint density at radius 3 is 2.81 bits per heavy atom. The number of hydrogen-bond donors (Lipinski definition) is 1. The molecule has 1 heterocycles. The first-order valence-corrected chi connectivity index (χ1v) is 5.50. The van der Waals surface area contributed by atoms with Crippen molar-refractivity contribution < 1.29 is 4.42 Å². The van der Waals surface area contributed by atoms with Gasteiger partial charge in [-0.2, -0.15) is 0 Å². The third-order valence-electron chi connectivity index (χ3n) is 2.61. The molecule has 0 amide bonds. The topological polar surface area (TPSA) is 64.9 Å². The van der Waals surface area contributed by atoms with E-state index in [1.165, 1.54) is 0 Å². The van der Waals surface area contributed by atoms with E-state index < -0.39 is 0 Å². The first-order chi connectivity index (χ1) is 7.74. The Morgan fingerprint density at radius 1 is 1.31 bits per heavy atom. The Labute approximate surface area is 97.4 Å². The smallest absolute Gasteiger partial charge is 0.249 e.